The molecule has 0 aliphatic carbocycles. The van der Waals surface area contributed by atoms with Crippen LogP contribution in [0.4, 0.5) is 0 Å². The first-order valence-electron chi connectivity index (χ1n) is 2.79. The van der Waals surface area contributed by atoms with Crippen LogP contribution < -0.4 is 0 Å². The van der Waals surface area contributed by atoms with Crippen molar-refractivity contribution in [1.82, 2.24) is 0 Å². The monoisotopic (exact) mass is 156 g/mol. The predicted molar refractivity (Wildman–Crippen MR) is 37.6 cm³/mol. The molecule has 3 aromatic rings. The summed E-state index contributed by atoms with van der Waals surface area (Å²) in [5, 5.41) is 0. The van der Waals surface area contributed by atoms with E-state index in [1.807, 2.05) is 0 Å². The minimum Gasteiger partial charge on any atom is -0.400 e. The molecule has 0 aliphatic heterocycles. The van der Waals surface area contributed by atoms with Gasteiger partial charge >= 0.3 is 8.24 Å². The van der Waals surface area contributed by atoms with Gasteiger partial charge in [0.2, 0.25) is 0 Å². The van der Waals surface area contributed by atoms with Crippen LogP contribution >= 0.6 is 8.24 Å². The molecule has 1 aromatic carbocycles. The highest BCUT2D eigenvalue weighted by molar-refractivity contribution is 7.30. The molecule has 52 valence electrons. The third kappa shape index (κ3) is 0.897. The van der Waals surface area contributed by atoms with Gasteiger partial charge in [0.1, 0.15) is 11.2 Å². The van der Waals surface area contributed by atoms with Crippen LogP contribution in [0.2, 0.25) is 0 Å². The van der Waals surface area contributed by atoms with Gasteiger partial charge < -0.3 is 8.39 Å². The molecule has 0 spiro atoms. The second-order valence-corrected chi connectivity index (χ2v) is 2.73. The van der Waals surface area contributed by atoms with Crippen LogP contribution in [0.1, 0.15) is 0 Å². The minimum atomic E-state index is -1.73. The van der Waals surface area contributed by atoms with Gasteiger partial charge in [-0.1, -0.05) is 0 Å². The highest BCUT2D eigenvalue weighted by Gasteiger charge is 1.93. The quantitative estimate of drug-likeness (QED) is 0.636. The number of hydrogen-bond donors (Lipinski definition) is 1. The van der Waals surface area contributed by atoms with E-state index >= 15 is 0 Å². The van der Waals surface area contributed by atoms with Crippen molar-refractivity contribution in [1.29, 1.82) is 0 Å². The van der Waals surface area contributed by atoms with Crippen LogP contribution in [0.15, 0.2) is 32.7 Å². The van der Waals surface area contributed by atoms with Crippen molar-refractivity contribution in [3.8, 4) is 0 Å². The average Bonchev–Trinajstić information content (AvgIpc) is 2.17. The van der Waals surface area contributed by atoms with Crippen LogP contribution in [-0.2, 0) is 0 Å². The molecule has 3 rings (SSSR count). The van der Waals surface area contributed by atoms with E-state index in [-0.39, 0.29) is 0 Å². The van der Waals surface area contributed by atoms with Gasteiger partial charge in [0.25, 0.3) is 0 Å². The predicted octanol–water partition coefficient (Wildman–Crippen LogP) is 2.33. The molecule has 2 heterocycles. The number of fused-ring (bicyclic) bond motifs is 4. The fraction of sp³-hybridized carbons (Fsp3) is 0. The van der Waals surface area contributed by atoms with E-state index in [9.17, 15) is 0 Å². The van der Waals surface area contributed by atoms with Gasteiger partial charge in [0, 0.05) is 0 Å². The van der Waals surface area contributed by atoms with Crippen LogP contribution in [0, 0.1) is 0 Å². The smallest absolute Gasteiger partial charge is 0.384 e. The van der Waals surface area contributed by atoms with Crippen molar-refractivity contribution in [2.24, 2.45) is 0 Å². The zero-order valence-corrected chi connectivity index (χ0v) is 5.91. The van der Waals surface area contributed by atoms with E-state index in [0.717, 1.165) is 0 Å². The van der Waals surface area contributed by atoms with Crippen molar-refractivity contribution >= 4 is 19.4 Å². The Hall–Kier alpha value is -0.920. The second-order valence-electron chi connectivity index (χ2n) is 1.89. The molecule has 0 saturated heterocycles. The molecule has 3 nitrogen and oxygen atoms in total. The zero-order chi connectivity index (χ0) is 6.97. The van der Waals surface area contributed by atoms with Gasteiger partial charge in [-0.3, -0.25) is 4.89 Å². The first kappa shape index (κ1) is 5.83. The maximum Gasteiger partial charge on any atom is 0.384 e. The second kappa shape index (κ2) is 2.04. The zero-order valence-electron chi connectivity index (χ0n) is 5.02. The Morgan fingerprint density at radius 1 is 1.00 bits per heavy atom. The summed E-state index contributed by atoms with van der Waals surface area (Å²) in [5.41, 5.74) is 1.30. The fourth-order valence-corrected chi connectivity index (χ4v) is 1.40. The minimum absolute atomic E-state index is 0.648. The molecular weight excluding hydrogens is 151 g/mol. The van der Waals surface area contributed by atoms with Crippen LogP contribution in [0.5, 0.6) is 0 Å². The lowest BCUT2D eigenvalue weighted by Gasteiger charge is -1.77. The van der Waals surface area contributed by atoms with Gasteiger partial charge in [-0.2, -0.15) is 0 Å². The molecule has 0 atom stereocenters. The molecule has 4 heteroatoms. The Morgan fingerprint density at radius 3 is 1.80 bits per heavy atom. The molecule has 0 aliphatic rings. The third-order valence-electron chi connectivity index (χ3n) is 1.19. The van der Waals surface area contributed by atoms with E-state index in [2.05, 4.69) is 0 Å². The van der Waals surface area contributed by atoms with E-state index in [0.29, 0.717) is 11.2 Å². The van der Waals surface area contributed by atoms with Gasteiger partial charge in [-0.05, 0) is 24.3 Å². The summed E-state index contributed by atoms with van der Waals surface area (Å²) in [7, 11) is -1.73. The standard InChI is InChI=1S/C6H5O3P/c7-10-8-5-1-2-6(9-10)4-3-5/h1-4,7H. The number of hydrogen-bond acceptors (Lipinski definition) is 3. The lowest BCUT2D eigenvalue weighted by Crippen LogP contribution is -1.56. The average molecular weight is 156 g/mol. The summed E-state index contributed by atoms with van der Waals surface area (Å²) in [5.74, 6) is 0. The highest BCUT2D eigenvalue weighted by atomic mass is 31.1. The van der Waals surface area contributed by atoms with Crippen molar-refractivity contribution in [2.75, 3.05) is 0 Å². The Kier molecular flexibility index (Phi) is 1.19. The van der Waals surface area contributed by atoms with E-state index < -0.39 is 8.24 Å². The molecule has 0 fully saturated rings. The van der Waals surface area contributed by atoms with Gasteiger partial charge in [-0.15, -0.1) is 0 Å². The van der Waals surface area contributed by atoms with Crippen molar-refractivity contribution in [2.45, 2.75) is 0 Å². The van der Waals surface area contributed by atoms with Crippen LogP contribution in [0.3, 0.4) is 0 Å². The summed E-state index contributed by atoms with van der Waals surface area (Å²) in [6, 6.07) is 7.03. The fourth-order valence-electron chi connectivity index (χ4n) is 0.760. The SMILES string of the molecule is Op1oc2ccc(cc2)o1. The lowest BCUT2D eigenvalue weighted by molar-refractivity contribution is 0.497. The molecule has 0 saturated carbocycles. The molecular formula is C6H5O3P. The van der Waals surface area contributed by atoms with Gasteiger partial charge in [-0.25, -0.2) is 0 Å². The largest absolute Gasteiger partial charge is 0.400 e. The Morgan fingerprint density at radius 2 is 1.40 bits per heavy atom. The van der Waals surface area contributed by atoms with Crippen LogP contribution in [0.25, 0.3) is 11.2 Å². The topological polar surface area (TPSA) is 46.5 Å². The van der Waals surface area contributed by atoms with E-state index in [1.54, 1.807) is 24.3 Å². The normalized spacial score (nSPS) is 10.5. The maximum absolute atomic E-state index is 8.97. The van der Waals surface area contributed by atoms with Crippen molar-refractivity contribution in [3.63, 3.8) is 0 Å². The Balaban J connectivity index is 2.98. The number of benzene rings is 1. The summed E-state index contributed by atoms with van der Waals surface area (Å²) in [4.78, 5) is 8.97. The molecule has 1 N–H and O–H groups in total. The van der Waals surface area contributed by atoms with Gasteiger partial charge in [0.05, 0.1) is 0 Å². The lowest BCUT2D eigenvalue weighted by atomic mass is 10.3. The Labute approximate surface area is 57.9 Å². The molecule has 0 amide bonds. The number of rotatable bonds is 0. The van der Waals surface area contributed by atoms with E-state index in [4.69, 9.17) is 13.3 Å². The summed E-state index contributed by atoms with van der Waals surface area (Å²) in [6.45, 7) is 0. The molecule has 0 unspecified atom stereocenters. The first-order chi connectivity index (χ1) is 4.84. The molecule has 10 heavy (non-hydrogen) atoms. The third-order valence-corrected chi connectivity index (χ3v) is 1.92. The summed E-state index contributed by atoms with van der Waals surface area (Å²) < 4.78 is 9.84. The van der Waals surface area contributed by atoms with Crippen molar-refractivity contribution in [3.05, 3.63) is 24.3 Å². The molecule has 0 radical (unpaired) electrons. The van der Waals surface area contributed by atoms with Crippen LogP contribution in [-0.4, -0.2) is 4.89 Å². The first-order valence-corrected chi connectivity index (χ1v) is 3.93. The van der Waals surface area contributed by atoms with Gasteiger partial charge in [0.15, 0.2) is 0 Å². The highest BCUT2D eigenvalue weighted by Crippen LogP contribution is 2.25. The summed E-state index contributed by atoms with van der Waals surface area (Å²) >= 11 is 0. The molecule has 2 bridgehead atoms. The maximum atomic E-state index is 8.97. The van der Waals surface area contributed by atoms with Crippen molar-refractivity contribution < 1.29 is 13.3 Å². The Bertz CT molecular complexity index is 301. The van der Waals surface area contributed by atoms with E-state index in [1.165, 1.54) is 0 Å². The summed E-state index contributed by atoms with van der Waals surface area (Å²) in [6.07, 6.45) is 0. The molecule has 2 aromatic heterocycles.